The summed E-state index contributed by atoms with van der Waals surface area (Å²) in [7, 11) is 0. The molecule has 2 N–H and O–H groups in total. The van der Waals surface area contributed by atoms with E-state index in [-0.39, 0.29) is 6.79 Å². The van der Waals surface area contributed by atoms with Gasteiger partial charge in [-0.15, -0.1) is 0 Å². The number of rotatable bonds is 5. The molecule has 0 saturated carbocycles. The van der Waals surface area contributed by atoms with Gasteiger partial charge in [-0.25, -0.2) is 0 Å². The average Bonchev–Trinajstić information content (AvgIpc) is 2.97. The third kappa shape index (κ3) is 2.76. The minimum absolute atomic E-state index is 0.277. The van der Waals surface area contributed by atoms with E-state index in [0.717, 1.165) is 22.6 Å². The van der Waals surface area contributed by atoms with Crippen molar-refractivity contribution in [3.05, 3.63) is 59.7 Å². The van der Waals surface area contributed by atoms with Gasteiger partial charge in [0.15, 0.2) is 11.5 Å². The van der Waals surface area contributed by atoms with E-state index < -0.39 is 6.10 Å². The van der Waals surface area contributed by atoms with Gasteiger partial charge in [0, 0.05) is 18.7 Å². The van der Waals surface area contributed by atoms with Crippen LogP contribution in [0.3, 0.4) is 0 Å². The van der Waals surface area contributed by atoms with Crippen molar-refractivity contribution >= 4 is 0 Å². The molecule has 0 bridgehead atoms. The summed E-state index contributed by atoms with van der Waals surface area (Å²) in [6.45, 7) is 1.41. The molecule has 1 unspecified atom stereocenters. The monoisotopic (exact) mass is 271 g/mol. The third-order valence-electron chi connectivity index (χ3n) is 3.32. The van der Waals surface area contributed by atoms with Gasteiger partial charge in [0.1, 0.15) is 0 Å². The lowest BCUT2D eigenvalue weighted by atomic mass is 10.1. The van der Waals surface area contributed by atoms with Gasteiger partial charge in [-0.2, -0.15) is 0 Å². The van der Waals surface area contributed by atoms with Crippen molar-refractivity contribution < 1.29 is 14.6 Å². The molecule has 104 valence electrons. The van der Waals surface area contributed by atoms with Crippen LogP contribution in [0.25, 0.3) is 0 Å². The smallest absolute Gasteiger partial charge is 0.231 e. The molecule has 1 atom stereocenters. The molecule has 1 aliphatic rings. The van der Waals surface area contributed by atoms with Gasteiger partial charge in [-0.1, -0.05) is 42.5 Å². The van der Waals surface area contributed by atoms with Gasteiger partial charge in [0.2, 0.25) is 6.79 Å². The summed E-state index contributed by atoms with van der Waals surface area (Å²) in [5, 5.41) is 13.3. The zero-order valence-corrected chi connectivity index (χ0v) is 11.1. The van der Waals surface area contributed by atoms with Gasteiger partial charge in [0.25, 0.3) is 0 Å². The van der Waals surface area contributed by atoms with Gasteiger partial charge < -0.3 is 19.9 Å². The average molecular weight is 271 g/mol. The zero-order valence-electron chi connectivity index (χ0n) is 11.1. The Morgan fingerprint density at radius 1 is 1.05 bits per heavy atom. The van der Waals surface area contributed by atoms with Crippen molar-refractivity contribution in [2.24, 2.45) is 0 Å². The summed E-state index contributed by atoms with van der Waals surface area (Å²) >= 11 is 0. The van der Waals surface area contributed by atoms with Crippen LogP contribution in [-0.4, -0.2) is 18.4 Å². The highest BCUT2D eigenvalue weighted by atomic mass is 16.7. The van der Waals surface area contributed by atoms with Crippen molar-refractivity contribution in [3.8, 4) is 11.5 Å². The number of aliphatic hydroxyl groups excluding tert-OH is 1. The van der Waals surface area contributed by atoms with Crippen LogP contribution in [0.15, 0.2) is 48.5 Å². The summed E-state index contributed by atoms with van der Waals surface area (Å²) in [5.41, 5.74) is 1.96. The molecule has 20 heavy (non-hydrogen) atoms. The zero-order chi connectivity index (χ0) is 13.8. The number of nitrogens with one attached hydrogen (secondary N) is 1. The lowest BCUT2D eigenvalue weighted by Gasteiger charge is -2.13. The first kappa shape index (κ1) is 13.0. The molecule has 0 radical (unpaired) electrons. The maximum atomic E-state index is 10.1. The summed E-state index contributed by atoms with van der Waals surface area (Å²) in [6.07, 6.45) is -0.509. The van der Waals surface area contributed by atoms with E-state index in [0.29, 0.717) is 13.1 Å². The van der Waals surface area contributed by atoms with Gasteiger partial charge in [-0.3, -0.25) is 0 Å². The molecule has 2 aromatic rings. The predicted octanol–water partition coefficient (Wildman–Crippen LogP) is 2.24. The molecule has 0 amide bonds. The van der Waals surface area contributed by atoms with Crippen molar-refractivity contribution in [1.82, 2.24) is 5.32 Å². The molecule has 0 aliphatic carbocycles. The second-order valence-electron chi connectivity index (χ2n) is 4.71. The Kier molecular flexibility index (Phi) is 3.85. The molecule has 0 fully saturated rings. The van der Waals surface area contributed by atoms with Crippen LogP contribution in [0.4, 0.5) is 0 Å². The fraction of sp³-hybridized carbons (Fsp3) is 0.250. The predicted molar refractivity (Wildman–Crippen MR) is 75.7 cm³/mol. The Morgan fingerprint density at radius 3 is 2.75 bits per heavy atom. The molecule has 0 aromatic heterocycles. The van der Waals surface area contributed by atoms with Crippen LogP contribution in [0.2, 0.25) is 0 Å². The van der Waals surface area contributed by atoms with E-state index in [1.807, 2.05) is 48.5 Å². The molecule has 2 aromatic carbocycles. The van der Waals surface area contributed by atoms with E-state index in [2.05, 4.69) is 5.32 Å². The van der Waals surface area contributed by atoms with Crippen molar-refractivity contribution in [2.75, 3.05) is 13.3 Å². The van der Waals surface area contributed by atoms with Crippen LogP contribution >= 0.6 is 0 Å². The van der Waals surface area contributed by atoms with Gasteiger partial charge in [0.05, 0.1) is 6.10 Å². The SMILES string of the molecule is OC(CNCc1cccc2c1OCO2)c1ccccc1. The van der Waals surface area contributed by atoms with E-state index in [1.54, 1.807) is 0 Å². The molecule has 1 heterocycles. The Bertz CT molecular complexity index is 571. The van der Waals surface area contributed by atoms with E-state index in [4.69, 9.17) is 9.47 Å². The van der Waals surface area contributed by atoms with Crippen LogP contribution in [0.5, 0.6) is 11.5 Å². The highest BCUT2D eigenvalue weighted by molar-refractivity contribution is 5.48. The highest BCUT2D eigenvalue weighted by Crippen LogP contribution is 2.35. The minimum Gasteiger partial charge on any atom is -0.454 e. The largest absolute Gasteiger partial charge is 0.454 e. The quantitative estimate of drug-likeness (QED) is 0.875. The van der Waals surface area contributed by atoms with Crippen molar-refractivity contribution in [3.63, 3.8) is 0 Å². The van der Waals surface area contributed by atoms with Crippen LogP contribution in [0, 0.1) is 0 Å². The lowest BCUT2D eigenvalue weighted by Crippen LogP contribution is -2.21. The standard InChI is InChI=1S/C16H17NO3/c18-14(12-5-2-1-3-6-12)10-17-9-13-7-4-8-15-16(13)20-11-19-15/h1-8,14,17-18H,9-11H2. The molecular weight excluding hydrogens is 254 g/mol. The Labute approximate surface area is 118 Å². The maximum absolute atomic E-state index is 10.1. The normalized spacial score (nSPS) is 14.2. The first-order chi connectivity index (χ1) is 9.84. The van der Waals surface area contributed by atoms with Crippen LogP contribution in [-0.2, 0) is 6.54 Å². The van der Waals surface area contributed by atoms with Crippen LogP contribution in [0.1, 0.15) is 17.2 Å². The number of para-hydroxylation sites is 1. The fourth-order valence-corrected chi connectivity index (χ4v) is 2.27. The highest BCUT2D eigenvalue weighted by Gasteiger charge is 2.17. The van der Waals surface area contributed by atoms with E-state index >= 15 is 0 Å². The van der Waals surface area contributed by atoms with Crippen molar-refractivity contribution in [1.29, 1.82) is 0 Å². The second-order valence-corrected chi connectivity index (χ2v) is 4.71. The number of aliphatic hydroxyl groups is 1. The Hall–Kier alpha value is -2.04. The molecule has 4 nitrogen and oxygen atoms in total. The summed E-state index contributed by atoms with van der Waals surface area (Å²) in [5.74, 6) is 1.59. The molecule has 4 heteroatoms. The summed E-state index contributed by atoms with van der Waals surface area (Å²) in [4.78, 5) is 0. The fourth-order valence-electron chi connectivity index (χ4n) is 2.27. The number of benzene rings is 2. The number of hydrogen-bond donors (Lipinski definition) is 2. The minimum atomic E-state index is -0.509. The lowest BCUT2D eigenvalue weighted by molar-refractivity contribution is 0.170. The number of fused-ring (bicyclic) bond motifs is 1. The number of ether oxygens (including phenoxy) is 2. The molecule has 0 spiro atoms. The number of hydrogen-bond acceptors (Lipinski definition) is 4. The third-order valence-corrected chi connectivity index (χ3v) is 3.32. The maximum Gasteiger partial charge on any atom is 0.231 e. The Balaban J connectivity index is 1.57. The first-order valence-corrected chi connectivity index (χ1v) is 6.66. The van der Waals surface area contributed by atoms with E-state index in [9.17, 15) is 5.11 Å². The topological polar surface area (TPSA) is 50.7 Å². The molecule has 0 saturated heterocycles. The van der Waals surface area contributed by atoms with Gasteiger partial charge in [-0.05, 0) is 11.6 Å². The van der Waals surface area contributed by atoms with Gasteiger partial charge >= 0.3 is 0 Å². The van der Waals surface area contributed by atoms with Crippen LogP contribution < -0.4 is 14.8 Å². The molecular formula is C16H17NO3. The molecule has 3 rings (SSSR count). The molecule has 1 aliphatic heterocycles. The van der Waals surface area contributed by atoms with Crippen molar-refractivity contribution in [2.45, 2.75) is 12.6 Å². The van der Waals surface area contributed by atoms with E-state index in [1.165, 1.54) is 0 Å². The second kappa shape index (κ2) is 5.94. The summed E-state index contributed by atoms with van der Waals surface area (Å²) < 4.78 is 10.8. The Morgan fingerprint density at radius 2 is 1.90 bits per heavy atom. The summed E-state index contributed by atoms with van der Waals surface area (Å²) in [6, 6.07) is 15.5. The first-order valence-electron chi connectivity index (χ1n) is 6.66.